The normalized spacial score (nSPS) is 20.4. The number of hydrogen-bond acceptors (Lipinski definition) is 3. The first kappa shape index (κ1) is 15.1. The third-order valence-corrected chi connectivity index (χ3v) is 5.26. The minimum absolute atomic E-state index is 0.0254. The van der Waals surface area contributed by atoms with E-state index in [1.165, 1.54) is 12.1 Å². The van der Waals surface area contributed by atoms with Crippen molar-refractivity contribution in [1.82, 2.24) is 10.0 Å². The SMILES string of the molecule is O=S(=O)(NCC1CCCCN1)c1cc(Cl)ccc1Cl. The number of sulfonamides is 1. The standard InChI is InChI=1S/C12H16Cl2N2O2S/c13-9-4-5-11(14)12(7-9)19(17,18)16-8-10-3-1-2-6-15-10/h4-5,7,10,15-16H,1-3,6,8H2. The molecule has 0 aliphatic carbocycles. The van der Waals surface area contributed by atoms with Crippen LogP contribution in [0.25, 0.3) is 0 Å². The summed E-state index contributed by atoms with van der Waals surface area (Å²) in [6, 6.07) is 4.59. The molecule has 1 aliphatic rings. The topological polar surface area (TPSA) is 58.2 Å². The van der Waals surface area contributed by atoms with E-state index in [0.717, 1.165) is 25.8 Å². The predicted molar refractivity (Wildman–Crippen MR) is 77.3 cm³/mol. The van der Waals surface area contributed by atoms with Gasteiger partial charge in [-0.3, -0.25) is 0 Å². The van der Waals surface area contributed by atoms with Gasteiger partial charge in [0, 0.05) is 17.6 Å². The number of rotatable bonds is 4. The molecule has 1 aromatic rings. The van der Waals surface area contributed by atoms with Gasteiger partial charge in [0.2, 0.25) is 10.0 Å². The Morgan fingerprint density at radius 2 is 2.11 bits per heavy atom. The van der Waals surface area contributed by atoms with Gasteiger partial charge in [-0.1, -0.05) is 29.6 Å². The molecule has 0 radical (unpaired) electrons. The second kappa shape index (κ2) is 6.41. The van der Waals surface area contributed by atoms with E-state index in [2.05, 4.69) is 10.0 Å². The average Bonchev–Trinajstić information content (AvgIpc) is 2.40. The summed E-state index contributed by atoms with van der Waals surface area (Å²) in [6.07, 6.45) is 3.24. The van der Waals surface area contributed by atoms with Gasteiger partial charge in [0.25, 0.3) is 0 Å². The van der Waals surface area contributed by atoms with Crippen LogP contribution in [0.1, 0.15) is 19.3 Å². The molecule has 0 spiro atoms. The van der Waals surface area contributed by atoms with Crippen LogP contribution in [0.3, 0.4) is 0 Å². The highest BCUT2D eigenvalue weighted by molar-refractivity contribution is 7.89. The monoisotopic (exact) mass is 322 g/mol. The summed E-state index contributed by atoms with van der Waals surface area (Å²) < 4.78 is 26.9. The van der Waals surface area contributed by atoms with Crippen LogP contribution in [0, 0.1) is 0 Å². The zero-order valence-electron chi connectivity index (χ0n) is 10.3. The van der Waals surface area contributed by atoms with Crippen LogP contribution in [0.5, 0.6) is 0 Å². The molecule has 2 rings (SSSR count). The van der Waals surface area contributed by atoms with Crippen LogP contribution < -0.4 is 10.0 Å². The molecule has 0 bridgehead atoms. The highest BCUT2D eigenvalue weighted by atomic mass is 35.5. The van der Waals surface area contributed by atoms with Crippen molar-refractivity contribution < 1.29 is 8.42 Å². The lowest BCUT2D eigenvalue weighted by Crippen LogP contribution is -2.43. The smallest absolute Gasteiger partial charge is 0.242 e. The summed E-state index contributed by atoms with van der Waals surface area (Å²) in [5.74, 6) is 0. The fraction of sp³-hybridized carbons (Fsp3) is 0.500. The van der Waals surface area contributed by atoms with Gasteiger partial charge in [-0.05, 0) is 37.6 Å². The fourth-order valence-electron chi connectivity index (χ4n) is 2.07. The molecule has 1 fully saturated rings. The van der Waals surface area contributed by atoms with Gasteiger partial charge in [0.15, 0.2) is 0 Å². The highest BCUT2D eigenvalue weighted by Gasteiger charge is 2.21. The molecular weight excluding hydrogens is 307 g/mol. The Bertz CT molecular complexity index is 543. The Morgan fingerprint density at radius 1 is 1.32 bits per heavy atom. The van der Waals surface area contributed by atoms with Crippen molar-refractivity contribution in [3.63, 3.8) is 0 Å². The molecule has 1 heterocycles. The molecule has 0 aromatic heterocycles. The first-order valence-corrected chi connectivity index (χ1v) is 8.41. The summed E-state index contributed by atoms with van der Waals surface area (Å²) in [5.41, 5.74) is 0. The predicted octanol–water partition coefficient (Wildman–Crippen LogP) is 2.41. The third kappa shape index (κ3) is 4.07. The van der Waals surface area contributed by atoms with Gasteiger partial charge in [-0.15, -0.1) is 0 Å². The van der Waals surface area contributed by atoms with E-state index in [-0.39, 0.29) is 16.0 Å². The van der Waals surface area contributed by atoms with Crippen molar-refractivity contribution in [2.24, 2.45) is 0 Å². The Hall–Kier alpha value is -0.330. The highest BCUT2D eigenvalue weighted by Crippen LogP contribution is 2.24. The van der Waals surface area contributed by atoms with Crippen molar-refractivity contribution in [3.8, 4) is 0 Å². The van der Waals surface area contributed by atoms with Gasteiger partial charge in [-0.2, -0.15) is 0 Å². The van der Waals surface area contributed by atoms with E-state index in [9.17, 15) is 8.42 Å². The van der Waals surface area contributed by atoms with Crippen LogP contribution in [-0.2, 0) is 10.0 Å². The Balaban J connectivity index is 2.07. The van der Waals surface area contributed by atoms with E-state index in [0.29, 0.717) is 11.6 Å². The van der Waals surface area contributed by atoms with Crippen LogP contribution in [0.4, 0.5) is 0 Å². The van der Waals surface area contributed by atoms with Crippen LogP contribution >= 0.6 is 23.2 Å². The van der Waals surface area contributed by atoms with Crippen LogP contribution in [-0.4, -0.2) is 27.5 Å². The van der Waals surface area contributed by atoms with Crippen molar-refractivity contribution in [2.45, 2.75) is 30.2 Å². The maximum absolute atomic E-state index is 12.2. The average molecular weight is 323 g/mol. The molecule has 0 amide bonds. The number of hydrogen-bond donors (Lipinski definition) is 2. The zero-order chi connectivity index (χ0) is 13.9. The first-order chi connectivity index (χ1) is 8.99. The van der Waals surface area contributed by atoms with E-state index in [1.807, 2.05) is 0 Å². The molecule has 1 saturated heterocycles. The van der Waals surface area contributed by atoms with Gasteiger partial charge < -0.3 is 5.32 Å². The molecule has 7 heteroatoms. The maximum Gasteiger partial charge on any atom is 0.242 e. The molecule has 1 atom stereocenters. The zero-order valence-corrected chi connectivity index (χ0v) is 12.7. The lowest BCUT2D eigenvalue weighted by molar-refractivity contribution is 0.398. The molecular formula is C12H16Cl2N2O2S. The van der Waals surface area contributed by atoms with Crippen molar-refractivity contribution in [1.29, 1.82) is 0 Å². The van der Waals surface area contributed by atoms with E-state index in [4.69, 9.17) is 23.2 Å². The molecule has 1 aromatic carbocycles. The van der Waals surface area contributed by atoms with Crippen molar-refractivity contribution >= 4 is 33.2 Å². The number of benzene rings is 1. The minimum Gasteiger partial charge on any atom is -0.313 e. The lowest BCUT2D eigenvalue weighted by atomic mass is 10.1. The first-order valence-electron chi connectivity index (χ1n) is 6.17. The van der Waals surface area contributed by atoms with Gasteiger partial charge in [-0.25, -0.2) is 13.1 Å². The van der Waals surface area contributed by atoms with Crippen LogP contribution in [0.2, 0.25) is 10.0 Å². The Morgan fingerprint density at radius 3 is 2.79 bits per heavy atom. The van der Waals surface area contributed by atoms with Gasteiger partial charge in [0.1, 0.15) is 4.90 Å². The number of piperidine rings is 1. The quantitative estimate of drug-likeness (QED) is 0.895. The summed E-state index contributed by atoms with van der Waals surface area (Å²) in [6.45, 7) is 1.30. The molecule has 1 aliphatic heterocycles. The summed E-state index contributed by atoms with van der Waals surface area (Å²) >= 11 is 11.7. The Kier molecular flexibility index (Phi) is 5.09. The molecule has 4 nitrogen and oxygen atoms in total. The van der Waals surface area contributed by atoms with Gasteiger partial charge >= 0.3 is 0 Å². The number of nitrogens with one attached hydrogen (secondary N) is 2. The summed E-state index contributed by atoms with van der Waals surface area (Å²) in [7, 11) is -3.62. The molecule has 19 heavy (non-hydrogen) atoms. The lowest BCUT2D eigenvalue weighted by Gasteiger charge is -2.23. The van der Waals surface area contributed by atoms with Crippen molar-refractivity contribution in [3.05, 3.63) is 28.2 Å². The van der Waals surface area contributed by atoms with Gasteiger partial charge in [0.05, 0.1) is 5.02 Å². The second-order valence-corrected chi connectivity index (χ2v) is 7.15. The molecule has 2 N–H and O–H groups in total. The minimum atomic E-state index is -3.62. The van der Waals surface area contributed by atoms with Crippen LogP contribution in [0.15, 0.2) is 23.1 Å². The van der Waals surface area contributed by atoms with E-state index in [1.54, 1.807) is 6.07 Å². The maximum atomic E-state index is 12.2. The second-order valence-electron chi connectivity index (χ2n) is 4.57. The molecule has 106 valence electrons. The van der Waals surface area contributed by atoms with E-state index >= 15 is 0 Å². The Labute approximate surface area is 123 Å². The fourth-order valence-corrected chi connectivity index (χ4v) is 3.91. The third-order valence-electron chi connectivity index (χ3n) is 3.11. The largest absolute Gasteiger partial charge is 0.313 e. The number of halogens is 2. The summed E-state index contributed by atoms with van der Waals surface area (Å²) in [5, 5.41) is 3.81. The summed E-state index contributed by atoms with van der Waals surface area (Å²) in [4.78, 5) is 0.0254. The molecule has 1 unspecified atom stereocenters. The van der Waals surface area contributed by atoms with Crippen molar-refractivity contribution in [2.75, 3.05) is 13.1 Å². The molecule has 0 saturated carbocycles. The van der Waals surface area contributed by atoms with E-state index < -0.39 is 10.0 Å².